The molecule has 1 atom stereocenters. The van der Waals surface area contributed by atoms with Crippen molar-refractivity contribution < 1.29 is 4.79 Å². The lowest BCUT2D eigenvalue weighted by Crippen LogP contribution is -2.44. The number of nitrogens with zero attached hydrogens (tertiary/aromatic N) is 2. The molecule has 23 heavy (non-hydrogen) atoms. The van der Waals surface area contributed by atoms with Crippen LogP contribution in [0.1, 0.15) is 38.3 Å². The first kappa shape index (κ1) is 16.5. The lowest BCUT2D eigenvalue weighted by Gasteiger charge is -2.35. The smallest absolute Gasteiger partial charge is 0.228 e. The molecule has 1 aromatic heterocycles. The summed E-state index contributed by atoms with van der Waals surface area (Å²) < 4.78 is 0. The topological polar surface area (TPSA) is 33.2 Å². The van der Waals surface area contributed by atoms with Crippen molar-refractivity contribution in [1.29, 1.82) is 0 Å². The number of benzene rings is 1. The predicted octanol–water partition coefficient (Wildman–Crippen LogP) is 4.80. The number of piperidine rings is 1. The Morgan fingerprint density at radius 2 is 2.22 bits per heavy atom. The van der Waals surface area contributed by atoms with Crippen LogP contribution in [0.15, 0.2) is 29.6 Å². The molecule has 0 radical (unpaired) electrons. The Labute approximate surface area is 146 Å². The lowest BCUT2D eigenvalue weighted by molar-refractivity contribution is -0.134. The second kappa shape index (κ2) is 7.45. The first-order valence-corrected chi connectivity index (χ1v) is 9.43. The fourth-order valence-corrected chi connectivity index (χ4v) is 4.30. The largest absolute Gasteiger partial charge is 0.339 e. The van der Waals surface area contributed by atoms with Crippen molar-refractivity contribution in [2.75, 3.05) is 6.54 Å². The van der Waals surface area contributed by atoms with Crippen LogP contribution in [-0.4, -0.2) is 28.4 Å². The molecule has 2 aromatic rings. The number of carbonyl (C=O) groups excluding carboxylic acids is 1. The number of likely N-dealkylation sites (tertiary alicyclic amines) is 1. The summed E-state index contributed by atoms with van der Waals surface area (Å²) in [6.45, 7) is 3.05. The van der Waals surface area contributed by atoms with Crippen LogP contribution in [0, 0.1) is 0 Å². The van der Waals surface area contributed by atoms with Gasteiger partial charge in [-0.1, -0.05) is 36.7 Å². The molecule has 1 aliphatic heterocycles. The Bertz CT molecular complexity index is 685. The summed E-state index contributed by atoms with van der Waals surface area (Å²) in [5.74, 6) is 0.201. The van der Waals surface area contributed by atoms with E-state index in [9.17, 15) is 4.79 Å². The van der Waals surface area contributed by atoms with Crippen molar-refractivity contribution in [2.24, 2.45) is 0 Å². The summed E-state index contributed by atoms with van der Waals surface area (Å²) in [4.78, 5) is 19.3. The van der Waals surface area contributed by atoms with Crippen LogP contribution >= 0.6 is 22.9 Å². The van der Waals surface area contributed by atoms with E-state index in [0.29, 0.717) is 17.5 Å². The normalized spacial score (nSPS) is 18.2. The number of thiazole rings is 1. The van der Waals surface area contributed by atoms with E-state index in [2.05, 4.69) is 16.8 Å². The summed E-state index contributed by atoms with van der Waals surface area (Å²) in [5, 5.41) is 3.55. The van der Waals surface area contributed by atoms with Gasteiger partial charge in [-0.3, -0.25) is 4.79 Å². The molecule has 3 rings (SSSR count). The molecule has 5 heteroatoms. The van der Waals surface area contributed by atoms with Gasteiger partial charge in [-0.2, -0.15) is 0 Å². The van der Waals surface area contributed by atoms with E-state index in [0.717, 1.165) is 42.1 Å². The van der Waals surface area contributed by atoms with E-state index < -0.39 is 0 Å². The van der Waals surface area contributed by atoms with Gasteiger partial charge >= 0.3 is 0 Å². The van der Waals surface area contributed by atoms with E-state index in [1.54, 1.807) is 11.3 Å². The third-order valence-corrected chi connectivity index (χ3v) is 5.66. The molecule has 0 spiro atoms. The summed E-state index contributed by atoms with van der Waals surface area (Å²) in [7, 11) is 0. The molecule has 122 valence electrons. The monoisotopic (exact) mass is 348 g/mol. The standard InChI is InChI=1S/C18H21ClN2OS/c1-2-14-7-5-6-10-21(14)17(22)11-13-12-23-18(20-13)15-8-3-4-9-16(15)19/h3-4,8-9,12,14H,2,5-7,10-11H2,1H3. The third-order valence-electron chi connectivity index (χ3n) is 4.41. The highest BCUT2D eigenvalue weighted by Gasteiger charge is 2.25. The molecule has 1 unspecified atom stereocenters. The number of amides is 1. The maximum Gasteiger partial charge on any atom is 0.228 e. The minimum atomic E-state index is 0.201. The van der Waals surface area contributed by atoms with Crippen LogP contribution in [0.3, 0.4) is 0 Å². The highest BCUT2D eigenvalue weighted by molar-refractivity contribution is 7.13. The molecule has 1 saturated heterocycles. The fourth-order valence-electron chi connectivity index (χ4n) is 3.16. The Hall–Kier alpha value is -1.39. The average Bonchev–Trinajstić information content (AvgIpc) is 3.03. The minimum Gasteiger partial charge on any atom is -0.339 e. The number of aromatic nitrogens is 1. The molecule has 0 aliphatic carbocycles. The van der Waals surface area contributed by atoms with Gasteiger partial charge in [0.2, 0.25) is 5.91 Å². The van der Waals surface area contributed by atoms with Gasteiger partial charge in [0.15, 0.2) is 0 Å². The van der Waals surface area contributed by atoms with Gasteiger partial charge in [-0.05, 0) is 31.7 Å². The Morgan fingerprint density at radius 1 is 1.39 bits per heavy atom. The average molecular weight is 349 g/mol. The first-order chi connectivity index (χ1) is 11.2. The van der Waals surface area contributed by atoms with Crippen molar-refractivity contribution in [3.63, 3.8) is 0 Å². The van der Waals surface area contributed by atoms with Gasteiger partial charge in [0.05, 0.1) is 17.1 Å². The van der Waals surface area contributed by atoms with E-state index in [-0.39, 0.29) is 5.91 Å². The van der Waals surface area contributed by atoms with E-state index in [1.165, 1.54) is 6.42 Å². The van der Waals surface area contributed by atoms with Gasteiger partial charge in [0.1, 0.15) is 5.01 Å². The maximum atomic E-state index is 12.6. The third kappa shape index (κ3) is 3.75. The zero-order valence-electron chi connectivity index (χ0n) is 13.3. The van der Waals surface area contributed by atoms with Crippen LogP contribution in [0.5, 0.6) is 0 Å². The number of rotatable bonds is 4. The predicted molar refractivity (Wildman–Crippen MR) is 95.9 cm³/mol. The zero-order chi connectivity index (χ0) is 16.2. The van der Waals surface area contributed by atoms with E-state index in [1.807, 2.05) is 29.6 Å². The van der Waals surface area contributed by atoms with Crippen LogP contribution in [-0.2, 0) is 11.2 Å². The molecular formula is C18H21ClN2OS. The van der Waals surface area contributed by atoms with Gasteiger partial charge in [0, 0.05) is 23.5 Å². The summed E-state index contributed by atoms with van der Waals surface area (Å²) >= 11 is 7.77. The number of carbonyl (C=O) groups is 1. The Morgan fingerprint density at radius 3 is 3.00 bits per heavy atom. The lowest BCUT2D eigenvalue weighted by atomic mass is 9.99. The van der Waals surface area contributed by atoms with Crippen LogP contribution < -0.4 is 0 Å². The maximum absolute atomic E-state index is 12.6. The molecule has 1 amide bonds. The summed E-state index contributed by atoms with van der Waals surface area (Å²) in [6, 6.07) is 8.09. The number of hydrogen-bond donors (Lipinski definition) is 0. The second-order valence-electron chi connectivity index (χ2n) is 5.95. The zero-order valence-corrected chi connectivity index (χ0v) is 14.9. The van der Waals surface area contributed by atoms with Gasteiger partial charge in [-0.15, -0.1) is 11.3 Å². The Kier molecular flexibility index (Phi) is 5.34. The van der Waals surface area contributed by atoms with Crippen molar-refractivity contribution >= 4 is 28.8 Å². The molecule has 0 N–H and O–H groups in total. The van der Waals surface area contributed by atoms with Crippen molar-refractivity contribution in [1.82, 2.24) is 9.88 Å². The van der Waals surface area contributed by atoms with Crippen LogP contribution in [0.2, 0.25) is 5.02 Å². The highest BCUT2D eigenvalue weighted by atomic mass is 35.5. The van der Waals surface area contributed by atoms with Gasteiger partial charge in [0.25, 0.3) is 0 Å². The van der Waals surface area contributed by atoms with E-state index in [4.69, 9.17) is 11.6 Å². The molecule has 0 bridgehead atoms. The second-order valence-corrected chi connectivity index (χ2v) is 7.21. The van der Waals surface area contributed by atoms with Gasteiger partial charge in [-0.25, -0.2) is 4.98 Å². The van der Waals surface area contributed by atoms with Crippen molar-refractivity contribution in [3.05, 3.63) is 40.4 Å². The summed E-state index contributed by atoms with van der Waals surface area (Å²) in [5.41, 5.74) is 1.78. The SMILES string of the molecule is CCC1CCCCN1C(=O)Cc1csc(-c2ccccc2Cl)n1. The molecule has 2 heterocycles. The first-order valence-electron chi connectivity index (χ1n) is 8.17. The minimum absolute atomic E-state index is 0.201. The van der Waals surface area contributed by atoms with Crippen molar-refractivity contribution in [2.45, 2.75) is 45.1 Å². The van der Waals surface area contributed by atoms with Crippen LogP contribution in [0.4, 0.5) is 0 Å². The molecule has 1 aliphatic rings. The summed E-state index contributed by atoms with van der Waals surface area (Å²) in [6.07, 6.45) is 4.90. The molecular weight excluding hydrogens is 328 g/mol. The highest BCUT2D eigenvalue weighted by Crippen LogP contribution is 2.30. The number of halogens is 1. The van der Waals surface area contributed by atoms with Crippen molar-refractivity contribution in [3.8, 4) is 10.6 Å². The number of hydrogen-bond acceptors (Lipinski definition) is 3. The quantitative estimate of drug-likeness (QED) is 0.795. The fraction of sp³-hybridized carbons (Fsp3) is 0.444. The molecule has 3 nitrogen and oxygen atoms in total. The molecule has 1 fully saturated rings. The molecule has 0 saturated carbocycles. The van der Waals surface area contributed by atoms with Gasteiger partial charge < -0.3 is 4.90 Å². The molecule has 1 aromatic carbocycles. The van der Waals surface area contributed by atoms with Crippen LogP contribution in [0.25, 0.3) is 10.6 Å². The Balaban J connectivity index is 1.71. The van der Waals surface area contributed by atoms with E-state index >= 15 is 0 Å².